The molecule has 0 spiro atoms. The molecule has 120 valence electrons. The summed E-state index contributed by atoms with van der Waals surface area (Å²) in [6.07, 6.45) is -3.29. The molecule has 0 aromatic heterocycles. The van der Waals surface area contributed by atoms with Gasteiger partial charge in [0.25, 0.3) is 0 Å². The first-order valence-corrected chi connectivity index (χ1v) is 6.86. The molecule has 1 aliphatic carbocycles. The van der Waals surface area contributed by atoms with E-state index < -0.39 is 12.0 Å². The van der Waals surface area contributed by atoms with E-state index in [0.29, 0.717) is 19.4 Å². The van der Waals surface area contributed by atoms with Crippen molar-refractivity contribution < 1.29 is 32.2 Å². The molecular formula is C15H15F3O4. The SMILES string of the molecule is CC(=O)OCC12CC(c3ccc(OC(F)(F)F)cc3)(CO1)C2. The molecule has 7 heteroatoms. The lowest BCUT2D eigenvalue weighted by Crippen LogP contribution is -2.50. The molecule has 0 radical (unpaired) electrons. The summed E-state index contributed by atoms with van der Waals surface area (Å²) in [5.41, 5.74) is 0.280. The van der Waals surface area contributed by atoms with E-state index in [1.54, 1.807) is 12.1 Å². The topological polar surface area (TPSA) is 44.8 Å². The van der Waals surface area contributed by atoms with Crippen molar-refractivity contribution in [2.45, 2.75) is 37.1 Å². The Morgan fingerprint density at radius 1 is 1.27 bits per heavy atom. The van der Waals surface area contributed by atoms with E-state index in [1.165, 1.54) is 19.1 Å². The molecule has 0 atom stereocenters. The highest BCUT2D eigenvalue weighted by Gasteiger charge is 2.63. The molecule has 0 amide bonds. The Balaban J connectivity index is 1.66. The molecule has 4 rings (SSSR count). The normalized spacial score (nSPS) is 29.8. The molecule has 2 bridgehead atoms. The van der Waals surface area contributed by atoms with Crippen LogP contribution in [0.2, 0.25) is 0 Å². The van der Waals surface area contributed by atoms with E-state index in [4.69, 9.17) is 9.47 Å². The Bertz CT molecular complexity index is 573. The Labute approximate surface area is 125 Å². The number of benzene rings is 1. The van der Waals surface area contributed by atoms with E-state index in [9.17, 15) is 18.0 Å². The van der Waals surface area contributed by atoms with E-state index in [-0.39, 0.29) is 23.7 Å². The molecule has 1 aromatic rings. The highest BCUT2D eigenvalue weighted by molar-refractivity contribution is 5.66. The van der Waals surface area contributed by atoms with Crippen molar-refractivity contribution in [3.8, 4) is 5.75 Å². The molecular weight excluding hydrogens is 301 g/mol. The minimum Gasteiger partial charge on any atom is -0.463 e. The van der Waals surface area contributed by atoms with Crippen molar-refractivity contribution in [1.82, 2.24) is 0 Å². The van der Waals surface area contributed by atoms with Crippen LogP contribution in [0.4, 0.5) is 13.2 Å². The third kappa shape index (κ3) is 2.77. The number of hydrogen-bond acceptors (Lipinski definition) is 4. The molecule has 1 saturated carbocycles. The predicted molar refractivity (Wildman–Crippen MR) is 69.4 cm³/mol. The lowest BCUT2D eigenvalue weighted by Gasteiger charge is -2.44. The number of carbonyl (C=O) groups excluding carboxylic acids is 1. The van der Waals surface area contributed by atoms with Gasteiger partial charge in [-0.2, -0.15) is 0 Å². The standard InChI is InChI=1S/C15H15F3O4/c1-10(19)20-9-14-6-13(7-14,8-21-14)11-2-4-12(5-3-11)22-15(16,17)18/h2-5H,6-9H2,1H3. The van der Waals surface area contributed by atoms with Gasteiger partial charge in [-0.3, -0.25) is 4.79 Å². The Hall–Kier alpha value is -1.76. The predicted octanol–water partition coefficient (Wildman–Crippen LogP) is 2.95. The average molecular weight is 316 g/mol. The van der Waals surface area contributed by atoms with Gasteiger partial charge in [-0.15, -0.1) is 13.2 Å². The number of esters is 1. The van der Waals surface area contributed by atoms with Crippen LogP contribution in [-0.2, 0) is 19.7 Å². The number of carbonyl (C=O) groups is 1. The van der Waals surface area contributed by atoms with Gasteiger partial charge in [-0.25, -0.2) is 0 Å². The maximum Gasteiger partial charge on any atom is 0.573 e. The number of ether oxygens (including phenoxy) is 3. The van der Waals surface area contributed by atoms with E-state index in [0.717, 1.165) is 5.56 Å². The van der Waals surface area contributed by atoms with Crippen molar-refractivity contribution >= 4 is 5.97 Å². The van der Waals surface area contributed by atoms with Crippen LogP contribution < -0.4 is 4.74 Å². The monoisotopic (exact) mass is 316 g/mol. The minimum absolute atomic E-state index is 0.198. The first-order chi connectivity index (χ1) is 10.2. The summed E-state index contributed by atoms with van der Waals surface area (Å²) >= 11 is 0. The number of fused-ring (bicyclic) bond motifs is 1. The Morgan fingerprint density at radius 2 is 1.91 bits per heavy atom. The number of rotatable bonds is 4. The third-order valence-corrected chi connectivity index (χ3v) is 4.21. The fourth-order valence-corrected chi connectivity index (χ4v) is 3.35. The second-order valence-electron chi connectivity index (χ2n) is 5.96. The second kappa shape index (κ2) is 4.87. The molecule has 2 heterocycles. The molecule has 3 fully saturated rings. The maximum absolute atomic E-state index is 12.1. The lowest BCUT2D eigenvalue weighted by molar-refractivity contribution is -0.274. The van der Waals surface area contributed by atoms with Crippen LogP contribution in [0.1, 0.15) is 25.3 Å². The summed E-state index contributed by atoms with van der Waals surface area (Å²) in [6.45, 7) is 2.05. The van der Waals surface area contributed by atoms with Crippen LogP contribution in [0.25, 0.3) is 0 Å². The highest BCUT2D eigenvalue weighted by Crippen LogP contribution is 2.59. The first kappa shape index (κ1) is 15.1. The lowest BCUT2D eigenvalue weighted by atomic mass is 9.59. The number of alkyl halides is 3. The van der Waals surface area contributed by atoms with Gasteiger partial charge < -0.3 is 14.2 Å². The van der Waals surface area contributed by atoms with Crippen LogP contribution in [0.15, 0.2) is 24.3 Å². The summed E-state index contributed by atoms with van der Waals surface area (Å²) in [5, 5.41) is 0. The third-order valence-electron chi connectivity index (χ3n) is 4.21. The molecule has 2 saturated heterocycles. The minimum atomic E-state index is -4.69. The van der Waals surface area contributed by atoms with Gasteiger partial charge in [-0.1, -0.05) is 12.1 Å². The van der Waals surface area contributed by atoms with E-state index >= 15 is 0 Å². The fraction of sp³-hybridized carbons (Fsp3) is 0.533. The van der Waals surface area contributed by atoms with Crippen molar-refractivity contribution in [3.63, 3.8) is 0 Å². The zero-order chi connectivity index (χ0) is 16.0. The molecule has 3 aliphatic rings. The van der Waals surface area contributed by atoms with Gasteiger partial charge in [0.05, 0.1) is 6.61 Å². The summed E-state index contributed by atoms with van der Waals surface area (Å²) in [5.74, 6) is -0.590. The molecule has 0 N–H and O–H groups in total. The van der Waals surface area contributed by atoms with Gasteiger partial charge in [0.15, 0.2) is 0 Å². The van der Waals surface area contributed by atoms with E-state index in [1.807, 2.05) is 0 Å². The van der Waals surface area contributed by atoms with Gasteiger partial charge in [0.1, 0.15) is 18.0 Å². The van der Waals surface area contributed by atoms with Crippen LogP contribution in [-0.4, -0.2) is 31.1 Å². The molecule has 2 aliphatic heterocycles. The van der Waals surface area contributed by atoms with Crippen molar-refractivity contribution in [2.75, 3.05) is 13.2 Å². The smallest absolute Gasteiger partial charge is 0.463 e. The van der Waals surface area contributed by atoms with Crippen molar-refractivity contribution in [2.24, 2.45) is 0 Å². The van der Waals surface area contributed by atoms with Crippen LogP contribution in [0.3, 0.4) is 0 Å². The molecule has 4 nitrogen and oxygen atoms in total. The number of hydrogen-bond donors (Lipinski definition) is 0. The first-order valence-electron chi connectivity index (χ1n) is 6.86. The molecule has 22 heavy (non-hydrogen) atoms. The summed E-state index contributed by atoms with van der Waals surface area (Å²) in [6, 6.07) is 5.88. The summed E-state index contributed by atoms with van der Waals surface area (Å²) < 4.78 is 51.0. The molecule has 0 unspecified atom stereocenters. The highest BCUT2D eigenvalue weighted by atomic mass is 19.4. The van der Waals surface area contributed by atoms with Crippen molar-refractivity contribution in [3.05, 3.63) is 29.8 Å². The Morgan fingerprint density at radius 3 is 2.45 bits per heavy atom. The summed E-state index contributed by atoms with van der Waals surface area (Å²) in [7, 11) is 0. The van der Waals surface area contributed by atoms with Crippen LogP contribution in [0, 0.1) is 0 Å². The average Bonchev–Trinajstić information content (AvgIpc) is 2.91. The van der Waals surface area contributed by atoms with E-state index in [2.05, 4.69) is 4.74 Å². The maximum atomic E-state index is 12.1. The molecule has 1 aromatic carbocycles. The number of halogens is 3. The summed E-state index contributed by atoms with van der Waals surface area (Å²) in [4.78, 5) is 10.9. The quantitative estimate of drug-likeness (QED) is 0.801. The largest absolute Gasteiger partial charge is 0.573 e. The van der Waals surface area contributed by atoms with Gasteiger partial charge in [0, 0.05) is 12.3 Å². The second-order valence-corrected chi connectivity index (χ2v) is 5.96. The zero-order valence-corrected chi connectivity index (χ0v) is 11.9. The van der Waals surface area contributed by atoms with Gasteiger partial charge in [-0.05, 0) is 30.5 Å². The van der Waals surface area contributed by atoms with Gasteiger partial charge in [0.2, 0.25) is 0 Å². The van der Waals surface area contributed by atoms with Crippen LogP contribution >= 0.6 is 0 Å². The van der Waals surface area contributed by atoms with Crippen LogP contribution in [0.5, 0.6) is 5.75 Å². The van der Waals surface area contributed by atoms with Gasteiger partial charge >= 0.3 is 12.3 Å². The zero-order valence-electron chi connectivity index (χ0n) is 11.9. The van der Waals surface area contributed by atoms with Crippen molar-refractivity contribution in [1.29, 1.82) is 0 Å². The Kier molecular flexibility index (Phi) is 3.36. The fourth-order valence-electron chi connectivity index (χ4n) is 3.35.